The van der Waals surface area contributed by atoms with Gasteiger partial charge < -0.3 is 35.2 Å². The van der Waals surface area contributed by atoms with Gasteiger partial charge in [0.2, 0.25) is 0 Å². The van der Waals surface area contributed by atoms with E-state index in [0.717, 1.165) is 32.6 Å². The maximum atomic E-state index is 12.6. The minimum absolute atomic E-state index is 0.162. The van der Waals surface area contributed by atoms with E-state index in [4.69, 9.17) is 4.74 Å². The molecular formula is C31H62N3O7+. The summed E-state index contributed by atoms with van der Waals surface area (Å²) in [4.78, 5) is 37.1. The van der Waals surface area contributed by atoms with E-state index in [2.05, 4.69) is 17.6 Å². The van der Waals surface area contributed by atoms with Gasteiger partial charge in [-0.05, 0) is 13.3 Å². The van der Waals surface area contributed by atoms with Crippen molar-refractivity contribution in [1.82, 2.24) is 10.6 Å². The van der Waals surface area contributed by atoms with Crippen LogP contribution in [0, 0.1) is 0 Å². The molecule has 4 unspecified atom stereocenters. The third kappa shape index (κ3) is 18.4. The van der Waals surface area contributed by atoms with Crippen LogP contribution in [0.4, 0.5) is 0 Å². The summed E-state index contributed by atoms with van der Waals surface area (Å²) < 4.78 is 5.03. The number of esters is 1. The van der Waals surface area contributed by atoms with Crippen molar-refractivity contribution in [2.45, 2.75) is 140 Å². The number of rotatable bonds is 25. The summed E-state index contributed by atoms with van der Waals surface area (Å²) in [6.07, 6.45) is 15.7. The normalized spacial score (nSPS) is 15.4. The van der Waals surface area contributed by atoms with E-state index in [1.807, 2.05) is 21.1 Å². The van der Waals surface area contributed by atoms with Crippen LogP contribution in [0.2, 0.25) is 0 Å². The zero-order chi connectivity index (χ0) is 31.3. The number of hydrogen-bond acceptors (Lipinski definition) is 7. The Morgan fingerprint density at radius 2 is 1.12 bits per heavy atom. The first kappa shape index (κ1) is 39.2. The number of aliphatic hydroxyl groups is 3. The molecule has 2 amide bonds. The van der Waals surface area contributed by atoms with Crippen molar-refractivity contribution >= 4 is 17.8 Å². The molecule has 0 heterocycles. The van der Waals surface area contributed by atoms with E-state index in [1.165, 1.54) is 84.2 Å². The second-order valence-electron chi connectivity index (χ2n) is 12.7. The predicted octanol–water partition coefficient (Wildman–Crippen LogP) is 3.20. The predicted molar refractivity (Wildman–Crippen MR) is 162 cm³/mol. The lowest BCUT2D eigenvalue weighted by Gasteiger charge is -2.33. The molecule has 0 saturated carbocycles. The van der Waals surface area contributed by atoms with Crippen LogP contribution in [0.1, 0.15) is 117 Å². The van der Waals surface area contributed by atoms with Gasteiger partial charge in [0.1, 0.15) is 12.1 Å². The van der Waals surface area contributed by atoms with E-state index in [-0.39, 0.29) is 6.54 Å². The standard InChI is InChI=1S/C31H61N3O7/c1-7-8-9-10-11-12-13-14-15-16-17-18-19-20-21-22-23-32-28(37)26(35)31(2,40)27(36)29(38)33-25(30(39)41-6)24-34(3,4)5/h25-27,35-36,40H,7-24H2,1-6H3,(H-,32,33,37,38)/p+1. The third-order valence-corrected chi connectivity index (χ3v) is 7.47. The van der Waals surface area contributed by atoms with Crippen LogP contribution in [0.15, 0.2) is 0 Å². The van der Waals surface area contributed by atoms with Gasteiger partial charge >= 0.3 is 5.97 Å². The monoisotopic (exact) mass is 588 g/mol. The molecule has 0 spiro atoms. The number of aliphatic hydroxyl groups excluding tert-OH is 2. The van der Waals surface area contributed by atoms with E-state index in [9.17, 15) is 29.7 Å². The Hall–Kier alpha value is -1.75. The molecule has 4 atom stereocenters. The first-order valence-corrected chi connectivity index (χ1v) is 15.8. The summed E-state index contributed by atoms with van der Waals surface area (Å²) >= 11 is 0. The lowest BCUT2D eigenvalue weighted by Crippen LogP contribution is -2.63. The minimum Gasteiger partial charge on any atom is -0.467 e. The van der Waals surface area contributed by atoms with Gasteiger partial charge in [-0.3, -0.25) is 9.59 Å². The van der Waals surface area contributed by atoms with Crippen molar-refractivity contribution in [3.05, 3.63) is 0 Å². The Bertz CT molecular complexity index is 725. The van der Waals surface area contributed by atoms with E-state index in [0.29, 0.717) is 11.0 Å². The highest BCUT2D eigenvalue weighted by molar-refractivity contribution is 5.89. The summed E-state index contributed by atoms with van der Waals surface area (Å²) in [5.74, 6) is -2.68. The zero-order valence-electron chi connectivity index (χ0n) is 26.9. The number of nitrogens with zero attached hydrogens (tertiary/aromatic N) is 1. The van der Waals surface area contributed by atoms with Gasteiger partial charge in [-0.25, -0.2) is 4.79 Å². The van der Waals surface area contributed by atoms with Crippen molar-refractivity contribution in [3.63, 3.8) is 0 Å². The molecule has 41 heavy (non-hydrogen) atoms. The van der Waals surface area contributed by atoms with Crippen LogP contribution < -0.4 is 10.6 Å². The number of likely N-dealkylation sites (N-methyl/N-ethyl adjacent to an activating group) is 1. The molecule has 0 aliphatic heterocycles. The van der Waals surface area contributed by atoms with Gasteiger partial charge in [0.15, 0.2) is 18.2 Å². The van der Waals surface area contributed by atoms with Gasteiger partial charge in [-0.2, -0.15) is 0 Å². The maximum Gasteiger partial charge on any atom is 0.334 e. The number of amides is 2. The second-order valence-corrected chi connectivity index (χ2v) is 12.7. The average Bonchev–Trinajstić information content (AvgIpc) is 2.91. The van der Waals surface area contributed by atoms with Gasteiger partial charge in [-0.1, -0.05) is 103 Å². The molecule has 10 heteroatoms. The molecule has 0 bridgehead atoms. The van der Waals surface area contributed by atoms with E-state index in [1.54, 1.807) is 0 Å². The summed E-state index contributed by atoms with van der Waals surface area (Å²) in [7, 11) is 6.60. The number of quaternary nitrogens is 1. The van der Waals surface area contributed by atoms with Crippen molar-refractivity contribution < 1.29 is 38.9 Å². The number of methoxy groups -OCH3 is 1. The van der Waals surface area contributed by atoms with Crippen LogP contribution in [0.5, 0.6) is 0 Å². The molecule has 0 saturated heterocycles. The SMILES string of the molecule is CCCCCCCCCCCCCCCCCCNC(=O)C(O)C(C)(O)C(O)C(=O)NC(C[N+](C)(C)C)C(=O)OC. The van der Waals surface area contributed by atoms with Crippen LogP contribution in [-0.2, 0) is 19.1 Å². The van der Waals surface area contributed by atoms with Crippen molar-refractivity contribution in [2.24, 2.45) is 0 Å². The van der Waals surface area contributed by atoms with Gasteiger partial charge in [-0.15, -0.1) is 0 Å². The number of carbonyl (C=O) groups is 3. The average molecular weight is 589 g/mol. The third-order valence-electron chi connectivity index (χ3n) is 7.47. The second kappa shape index (κ2) is 21.9. The van der Waals surface area contributed by atoms with Crippen LogP contribution in [-0.4, -0.2) is 103 Å². The largest absolute Gasteiger partial charge is 0.467 e. The fraction of sp³-hybridized carbons (Fsp3) is 0.903. The molecule has 0 aliphatic rings. The van der Waals surface area contributed by atoms with Gasteiger partial charge in [0.05, 0.1) is 28.3 Å². The first-order chi connectivity index (χ1) is 19.3. The fourth-order valence-electron chi connectivity index (χ4n) is 4.78. The quantitative estimate of drug-likeness (QED) is 0.0626. The summed E-state index contributed by atoms with van der Waals surface area (Å²) in [6.45, 7) is 3.74. The Labute approximate surface area is 249 Å². The Morgan fingerprint density at radius 3 is 1.51 bits per heavy atom. The highest BCUT2D eigenvalue weighted by Gasteiger charge is 2.46. The van der Waals surface area contributed by atoms with Crippen LogP contribution in [0.3, 0.4) is 0 Å². The number of nitrogens with one attached hydrogen (secondary N) is 2. The molecule has 242 valence electrons. The van der Waals surface area contributed by atoms with Crippen LogP contribution >= 0.6 is 0 Å². The summed E-state index contributed by atoms with van der Waals surface area (Å²) in [5.41, 5.74) is -2.47. The highest BCUT2D eigenvalue weighted by Crippen LogP contribution is 2.17. The number of unbranched alkanes of at least 4 members (excludes halogenated alkanes) is 15. The minimum atomic E-state index is -2.47. The highest BCUT2D eigenvalue weighted by atomic mass is 16.5. The topological polar surface area (TPSA) is 145 Å². The smallest absolute Gasteiger partial charge is 0.334 e. The van der Waals surface area contributed by atoms with Crippen molar-refractivity contribution in [2.75, 3.05) is 41.3 Å². The van der Waals surface area contributed by atoms with Gasteiger partial charge in [0.25, 0.3) is 11.8 Å². The lowest BCUT2D eigenvalue weighted by molar-refractivity contribution is -0.870. The molecule has 0 rings (SSSR count). The molecule has 0 aliphatic carbocycles. The van der Waals surface area contributed by atoms with E-state index < -0.39 is 41.6 Å². The summed E-state index contributed by atoms with van der Waals surface area (Å²) in [6, 6.07) is -1.08. The maximum absolute atomic E-state index is 12.6. The van der Waals surface area contributed by atoms with Gasteiger partial charge in [0, 0.05) is 6.54 Å². The molecule has 5 N–H and O–H groups in total. The fourth-order valence-corrected chi connectivity index (χ4v) is 4.78. The molecule has 0 radical (unpaired) electrons. The van der Waals surface area contributed by atoms with Crippen molar-refractivity contribution in [3.8, 4) is 0 Å². The molecule has 10 nitrogen and oxygen atoms in total. The first-order valence-electron chi connectivity index (χ1n) is 15.8. The molecular weight excluding hydrogens is 526 g/mol. The number of carbonyl (C=O) groups excluding carboxylic acids is 3. The van der Waals surface area contributed by atoms with Crippen LogP contribution in [0.25, 0.3) is 0 Å². The zero-order valence-corrected chi connectivity index (χ0v) is 26.9. The Morgan fingerprint density at radius 1 is 0.732 bits per heavy atom. The number of hydrogen-bond donors (Lipinski definition) is 5. The van der Waals surface area contributed by atoms with E-state index >= 15 is 0 Å². The number of ether oxygens (including phenoxy) is 1. The molecule has 0 fully saturated rings. The lowest BCUT2D eigenvalue weighted by atomic mass is 9.90. The Kier molecular flexibility index (Phi) is 20.9. The summed E-state index contributed by atoms with van der Waals surface area (Å²) in [5, 5.41) is 36.3. The molecule has 0 aromatic rings. The molecule has 0 aromatic carbocycles. The van der Waals surface area contributed by atoms with Crippen molar-refractivity contribution in [1.29, 1.82) is 0 Å². The molecule has 0 aromatic heterocycles. The Balaban J connectivity index is 4.16.